The Morgan fingerprint density at radius 1 is 1.25 bits per heavy atom. The van der Waals surface area contributed by atoms with Crippen LogP contribution in [0.3, 0.4) is 0 Å². The number of nitrogens with zero attached hydrogens (tertiary/aromatic N) is 1. The number of nitrogens with one attached hydrogen (secondary N) is 1. The summed E-state index contributed by atoms with van der Waals surface area (Å²) in [6.07, 6.45) is 0. The third kappa shape index (κ3) is 5.01. The Bertz CT molecular complexity index is 498. The average Bonchev–Trinajstić information content (AvgIpc) is 2.31. The summed E-state index contributed by atoms with van der Waals surface area (Å²) in [4.78, 5) is 24.4. The summed E-state index contributed by atoms with van der Waals surface area (Å²) >= 11 is 0. The Hall–Kier alpha value is -1.88. The van der Waals surface area contributed by atoms with Crippen LogP contribution in [0, 0.1) is 13.8 Å². The average molecular weight is 278 g/mol. The van der Waals surface area contributed by atoms with Gasteiger partial charge >= 0.3 is 5.97 Å². The Balaban J connectivity index is 2.68. The molecule has 0 bridgehead atoms. The molecule has 0 unspecified atom stereocenters. The van der Waals surface area contributed by atoms with Gasteiger partial charge in [0, 0.05) is 11.7 Å². The van der Waals surface area contributed by atoms with Crippen molar-refractivity contribution >= 4 is 17.6 Å². The quantitative estimate of drug-likeness (QED) is 0.835. The van der Waals surface area contributed by atoms with Crippen molar-refractivity contribution in [1.29, 1.82) is 0 Å². The molecule has 0 spiro atoms. The maximum Gasteiger partial charge on any atom is 0.317 e. The molecule has 0 radical (unpaired) electrons. The molecule has 5 nitrogen and oxygen atoms in total. The summed E-state index contributed by atoms with van der Waals surface area (Å²) in [5.41, 5.74) is 2.89. The topological polar surface area (TPSA) is 69.6 Å². The predicted octanol–water partition coefficient (Wildman–Crippen LogP) is 2.04. The third-order valence-electron chi connectivity index (χ3n) is 3.07. The van der Waals surface area contributed by atoms with Crippen molar-refractivity contribution < 1.29 is 14.7 Å². The maximum absolute atomic E-state index is 12.0. The van der Waals surface area contributed by atoms with E-state index in [4.69, 9.17) is 5.11 Å². The van der Waals surface area contributed by atoms with Crippen LogP contribution < -0.4 is 5.32 Å². The van der Waals surface area contributed by atoms with E-state index in [9.17, 15) is 9.59 Å². The number of anilines is 1. The van der Waals surface area contributed by atoms with E-state index in [0.717, 1.165) is 16.8 Å². The highest BCUT2D eigenvalue weighted by Gasteiger charge is 2.17. The van der Waals surface area contributed by atoms with Crippen LogP contribution in [-0.2, 0) is 9.59 Å². The van der Waals surface area contributed by atoms with Crippen molar-refractivity contribution in [1.82, 2.24) is 4.90 Å². The smallest absolute Gasteiger partial charge is 0.317 e. The monoisotopic (exact) mass is 278 g/mol. The molecule has 20 heavy (non-hydrogen) atoms. The molecule has 0 saturated carbocycles. The van der Waals surface area contributed by atoms with Crippen LogP contribution in [0.15, 0.2) is 18.2 Å². The highest BCUT2D eigenvalue weighted by Crippen LogP contribution is 2.16. The Morgan fingerprint density at radius 2 is 1.90 bits per heavy atom. The molecule has 0 aromatic heterocycles. The molecular formula is C15H22N2O3. The highest BCUT2D eigenvalue weighted by molar-refractivity contribution is 5.93. The van der Waals surface area contributed by atoms with E-state index in [2.05, 4.69) is 5.32 Å². The van der Waals surface area contributed by atoms with Gasteiger partial charge in [0.05, 0.1) is 13.1 Å². The van der Waals surface area contributed by atoms with E-state index in [-0.39, 0.29) is 25.0 Å². The van der Waals surface area contributed by atoms with Crippen LogP contribution in [0.25, 0.3) is 0 Å². The van der Waals surface area contributed by atoms with Gasteiger partial charge in [-0.2, -0.15) is 0 Å². The van der Waals surface area contributed by atoms with Gasteiger partial charge in [-0.3, -0.25) is 14.5 Å². The Morgan fingerprint density at radius 3 is 2.40 bits per heavy atom. The number of carboxylic acids is 1. The van der Waals surface area contributed by atoms with Gasteiger partial charge in [-0.25, -0.2) is 0 Å². The second kappa shape index (κ2) is 7.05. The molecule has 0 fully saturated rings. The molecule has 110 valence electrons. The fourth-order valence-electron chi connectivity index (χ4n) is 1.92. The first kappa shape index (κ1) is 16.2. The molecule has 0 atom stereocenters. The summed E-state index contributed by atoms with van der Waals surface area (Å²) in [7, 11) is 0. The van der Waals surface area contributed by atoms with Gasteiger partial charge in [-0.1, -0.05) is 17.7 Å². The normalized spacial score (nSPS) is 10.9. The number of carbonyl (C=O) groups excluding carboxylic acids is 1. The van der Waals surface area contributed by atoms with E-state index in [1.54, 1.807) is 4.90 Å². The van der Waals surface area contributed by atoms with Crippen molar-refractivity contribution in [3.05, 3.63) is 29.3 Å². The van der Waals surface area contributed by atoms with Gasteiger partial charge in [0.25, 0.3) is 0 Å². The lowest BCUT2D eigenvalue weighted by Gasteiger charge is -2.23. The standard InChI is InChI=1S/C15H22N2O3/c1-10(2)17(9-15(19)20)8-14(18)16-13-6-5-11(3)7-12(13)4/h5-7,10H,8-9H2,1-4H3,(H,16,18)(H,19,20). The van der Waals surface area contributed by atoms with Crippen LogP contribution in [0.4, 0.5) is 5.69 Å². The van der Waals surface area contributed by atoms with Gasteiger partial charge < -0.3 is 10.4 Å². The van der Waals surface area contributed by atoms with Gasteiger partial charge in [-0.15, -0.1) is 0 Å². The highest BCUT2D eigenvalue weighted by atomic mass is 16.4. The number of amides is 1. The summed E-state index contributed by atoms with van der Waals surface area (Å²) < 4.78 is 0. The second-order valence-corrected chi connectivity index (χ2v) is 5.26. The number of carboxylic acid groups (broad SMARTS) is 1. The van der Waals surface area contributed by atoms with E-state index in [1.807, 2.05) is 45.9 Å². The summed E-state index contributed by atoms with van der Waals surface area (Å²) in [6.45, 7) is 7.59. The van der Waals surface area contributed by atoms with E-state index in [0.29, 0.717) is 0 Å². The molecule has 1 aromatic carbocycles. The largest absolute Gasteiger partial charge is 0.480 e. The second-order valence-electron chi connectivity index (χ2n) is 5.26. The minimum Gasteiger partial charge on any atom is -0.480 e. The van der Waals surface area contributed by atoms with Crippen LogP contribution in [0.5, 0.6) is 0 Å². The first-order valence-corrected chi connectivity index (χ1v) is 6.62. The van der Waals surface area contributed by atoms with Crippen molar-refractivity contribution in [3.63, 3.8) is 0 Å². The van der Waals surface area contributed by atoms with Gasteiger partial charge in [-0.05, 0) is 39.3 Å². The van der Waals surface area contributed by atoms with Crippen LogP contribution in [0.1, 0.15) is 25.0 Å². The minimum absolute atomic E-state index is 0.00374. The number of hydrogen-bond donors (Lipinski definition) is 2. The van der Waals surface area contributed by atoms with Gasteiger partial charge in [0.15, 0.2) is 0 Å². The number of aryl methyl sites for hydroxylation is 2. The zero-order chi connectivity index (χ0) is 15.3. The molecule has 0 aliphatic carbocycles. The predicted molar refractivity (Wildman–Crippen MR) is 78.9 cm³/mol. The first-order valence-electron chi connectivity index (χ1n) is 6.62. The lowest BCUT2D eigenvalue weighted by molar-refractivity contribution is -0.139. The Labute approximate surface area is 119 Å². The molecule has 2 N–H and O–H groups in total. The lowest BCUT2D eigenvalue weighted by Crippen LogP contribution is -2.41. The summed E-state index contributed by atoms with van der Waals surface area (Å²) in [6, 6.07) is 5.78. The van der Waals surface area contributed by atoms with Crippen LogP contribution >= 0.6 is 0 Å². The SMILES string of the molecule is Cc1ccc(NC(=O)CN(CC(=O)O)C(C)C)c(C)c1. The number of aliphatic carboxylic acids is 1. The van der Waals surface area contributed by atoms with E-state index < -0.39 is 5.97 Å². The molecular weight excluding hydrogens is 256 g/mol. The van der Waals surface area contributed by atoms with Crippen molar-refractivity contribution in [2.75, 3.05) is 18.4 Å². The zero-order valence-electron chi connectivity index (χ0n) is 12.4. The molecule has 5 heteroatoms. The molecule has 1 rings (SSSR count). The fraction of sp³-hybridized carbons (Fsp3) is 0.467. The van der Waals surface area contributed by atoms with Gasteiger partial charge in [0.2, 0.25) is 5.91 Å². The minimum atomic E-state index is -0.932. The molecule has 0 saturated heterocycles. The zero-order valence-corrected chi connectivity index (χ0v) is 12.4. The van der Waals surface area contributed by atoms with Crippen LogP contribution in [-0.4, -0.2) is 41.0 Å². The molecule has 1 aromatic rings. The first-order chi connectivity index (χ1) is 9.29. The molecule has 0 aliphatic heterocycles. The van der Waals surface area contributed by atoms with Gasteiger partial charge in [0.1, 0.15) is 0 Å². The van der Waals surface area contributed by atoms with E-state index in [1.165, 1.54) is 0 Å². The summed E-state index contributed by atoms with van der Waals surface area (Å²) in [5.74, 6) is -1.13. The summed E-state index contributed by atoms with van der Waals surface area (Å²) in [5, 5.41) is 11.7. The number of benzene rings is 1. The lowest BCUT2D eigenvalue weighted by atomic mass is 10.1. The van der Waals surface area contributed by atoms with E-state index >= 15 is 0 Å². The van der Waals surface area contributed by atoms with Crippen molar-refractivity contribution in [2.45, 2.75) is 33.7 Å². The maximum atomic E-state index is 12.0. The molecule has 0 aliphatic rings. The number of carbonyl (C=O) groups is 2. The number of hydrogen-bond acceptors (Lipinski definition) is 3. The van der Waals surface area contributed by atoms with Crippen LogP contribution in [0.2, 0.25) is 0 Å². The fourth-order valence-corrected chi connectivity index (χ4v) is 1.92. The number of rotatable bonds is 6. The molecule has 0 heterocycles. The molecule has 1 amide bonds. The van der Waals surface area contributed by atoms with Crippen molar-refractivity contribution in [2.24, 2.45) is 0 Å². The Kier molecular flexibility index (Phi) is 5.70. The van der Waals surface area contributed by atoms with Crippen molar-refractivity contribution in [3.8, 4) is 0 Å². The third-order valence-corrected chi connectivity index (χ3v) is 3.07.